The monoisotopic (exact) mass is 206 g/mol. The van der Waals surface area contributed by atoms with Crippen molar-refractivity contribution in [2.45, 2.75) is 25.3 Å². The number of amides is 1. The second-order valence-electron chi connectivity index (χ2n) is 3.61. The maximum atomic E-state index is 11.3. The molecule has 0 saturated heterocycles. The molecule has 0 radical (unpaired) electrons. The van der Waals surface area contributed by atoms with E-state index in [4.69, 9.17) is 0 Å². The minimum atomic E-state index is 0.105. The molecule has 0 unspecified atom stereocenters. The van der Waals surface area contributed by atoms with E-state index < -0.39 is 0 Å². The Morgan fingerprint density at radius 2 is 2.33 bits per heavy atom. The first-order valence-corrected chi connectivity index (χ1v) is 5.14. The van der Waals surface area contributed by atoms with Gasteiger partial charge in [0.25, 0.3) is 0 Å². The lowest BCUT2D eigenvalue weighted by Crippen LogP contribution is -2.27. The first-order chi connectivity index (χ1) is 7.34. The fourth-order valence-electron chi connectivity index (χ4n) is 1.22. The number of hydrogen-bond donors (Lipinski definition) is 2. The van der Waals surface area contributed by atoms with Crippen molar-refractivity contribution >= 4 is 11.7 Å². The van der Waals surface area contributed by atoms with Gasteiger partial charge in [-0.15, -0.1) is 0 Å². The molecule has 15 heavy (non-hydrogen) atoms. The first kappa shape index (κ1) is 9.89. The minimum Gasteiger partial charge on any atom is -0.368 e. The van der Waals surface area contributed by atoms with Crippen molar-refractivity contribution in [2.24, 2.45) is 0 Å². The number of nitrogens with one attached hydrogen (secondary N) is 2. The second-order valence-corrected chi connectivity index (χ2v) is 3.61. The SMILES string of the molecule is O=C(CCNc1cnccn1)NC1CC1. The van der Waals surface area contributed by atoms with Gasteiger partial charge in [-0.1, -0.05) is 0 Å². The lowest BCUT2D eigenvalue weighted by molar-refractivity contribution is -0.120. The molecule has 1 aliphatic carbocycles. The summed E-state index contributed by atoms with van der Waals surface area (Å²) in [5, 5.41) is 5.96. The van der Waals surface area contributed by atoms with Gasteiger partial charge in [0.05, 0.1) is 6.20 Å². The van der Waals surface area contributed by atoms with Gasteiger partial charge in [0, 0.05) is 31.4 Å². The van der Waals surface area contributed by atoms with E-state index in [0.29, 0.717) is 24.8 Å². The Morgan fingerprint density at radius 3 is 3.00 bits per heavy atom. The van der Waals surface area contributed by atoms with E-state index in [0.717, 1.165) is 12.8 Å². The summed E-state index contributed by atoms with van der Waals surface area (Å²) in [7, 11) is 0. The van der Waals surface area contributed by atoms with Crippen molar-refractivity contribution < 1.29 is 4.79 Å². The summed E-state index contributed by atoms with van der Waals surface area (Å²) >= 11 is 0. The Hall–Kier alpha value is -1.65. The van der Waals surface area contributed by atoms with Crippen molar-refractivity contribution in [3.8, 4) is 0 Å². The van der Waals surface area contributed by atoms with Crippen LogP contribution in [0.1, 0.15) is 19.3 Å². The summed E-state index contributed by atoms with van der Waals surface area (Å²) in [5.74, 6) is 0.811. The molecule has 1 aromatic rings. The Balaban J connectivity index is 1.63. The Bertz CT molecular complexity index is 323. The highest BCUT2D eigenvalue weighted by Gasteiger charge is 2.22. The maximum absolute atomic E-state index is 11.3. The third kappa shape index (κ3) is 3.53. The highest BCUT2D eigenvalue weighted by atomic mass is 16.1. The van der Waals surface area contributed by atoms with Crippen molar-refractivity contribution in [1.29, 1.82) is 0 Å². The molecule has 0 atom stereocenters. The van der Waals surface area contributed by atoms with Crippen LogP contribution in [-0.4, -0.2) is 28.5 Å². The molecule has 5 heteroatoms. The van der Waals surface area contributed by atoms with E-state index in [1.54, 1.807) is 18.6 Å². The lowest BCUT2D eigenvalue weighted by Gasteiger charge is -2.05. The van der Waals surface area contributed by atoms with Gasteiger partial charge >= 0.3 is 0 Å². The molecule has 1 amide bonds. The molecule has 1 aliphatic rings. The van der Waals surface area contributed by atoms with Gasteiger partial charge in [-0.3, -0.25) is 9.78 Å². The van der Waals surface area contributed by atoms with Crippen LogP contribution in [0.2, 0.25) is 0 Å². The summed E-state index contributed by atoms with van der Waals surface area (Å²) in [6.45, 7) is 0.594. The summed E-state index contributed by atoms with van der Waals surface area (Å²) in [6.07, 6.45) is 7.61. The normalized spacial score (nSPS) is 14.7. The average Bonchev–Trinajstić information content (AvgIpc) is 3.03. The first-order valence-electron chi connectivity index (χ1n) is 5.14. The fourth-order valence-corrected chi connectivity index (χ4v) is 1.22. The molecule has 1 saturated carbocycles. The standard InChI is InChI=1S/C10H14N4O/c15-10(14-8-1-2-8)3-4-12-9-7-11-5-6-13-9/h5-8H,1-4H2,(H,12,13)(H,14,15). The van der Waals surface area contributed by atoms with Crippen LogP contribution < -0.4 is 10.6 Å². The predicted molar refractivity (Wildman–Crippen MR) is 56.3 cm³/mol. The largest absolute Gasteiger partial charge is 0.368 e. The number of aromatic nitrogens is 2. The average molecular weight is 206 g/mol. The van der Waals surface area contributed by atoms with Crippen LogP contribution in [0.5, 0.6) is 0 Å². The zero-order valence-corrected chi connectivity index (χ0v) is 8.44. The van der Waals surface area contributed by atoms with Gasteiger partial charge in [0.1, 0.15) is 5.82 Å². The molecule has 1 heterocycles. The van der Waals surface area contributed by atoms with Gasteiger partial charge < -0.3 is 10.6 Å². The zero-order chi connectivity index (χ0) is 10.5. The molecule has 0 aliphatic heterocycles. The van der Waals surface area contributed by atoms with Crippen LogP contribution in [0.25, 0.3) is 0 Å². The Labute approximate surface area is 88.3 Å². The number of anilines is 1. The van der Waals surface area contributed by atoms with Crippen LogP contribution in [0.15, 0.2) is 18.6 Å². The molecule has 1 aromatic heterocycles. The van der Waals surface area contributed by atoms with Crippen molar-refractivity contribution in [3.05, 3.63) is 18.6 Å². The summed E-state index contributed by atoms with van der Waals surface area (Å²) < 4.78 is 0. The van der Waals surface area contributed by atoms with Gasteiger partial charge in [0.15, 0.2) is 0 Å². The summed E-state index contributed by atoms with van der Waals surface area (Å²) in [5.41, 5.74) is 0. The molecule has 0 bridgehead atoms. The van der Waals surface area contributed by atoms with Crippen LogP contribution in [0.3, 0.4) is 0 Å². The van der Waals surface area contributed by atoms with Gasteiger partial charge in [0.2, 0.25) is 5.91 Å². The fraction of sp³-hybridized carbons (Fsp3) is 0.500. The molecule has 2 N–H and O–H groups in total. The van der Waals surface area contributed by atoms with Crippen LogP contribution in [-0.2, 0) is 4.79 Å². The summed E-state index contributed by atoms with van der Waals surface area (Å²) in [6, 6.07) is 0.439. The van der Waals surface area contributed by atoms with Crippen LogP contribution in [0.4, 0.5) is 5.82 Å². The Morgan fingerprint density at radius 1 is 1.47 bits per heavy atom. The lowest BCUT2D eigenvalue weighted by atomic mass is 10.4. The van der Waals surface area contributed by atoms with Crippen molar-refractivity contribution in [3.63, 3.8) is 0 Å². The van der Waals surface area contributed by atoms with Gasteiger partial charge in [-0.05, 0) is 12.8 Å². The maximum Gasteiger partial charge on any atom is 0.221 e. The number of nitrogens with zero attached hydrogens (tertiary/aromatic N) is 2. The highest BCUT2D eigenvalue weighted by Crippen LogP contribution is 2.18. The third-order valence-electron chi connectivity index (χ3n) is 2.16. The molecule has 80 valence electrons. The van der Waals surface area contributed by atoms with Gasteiger partial charge in [-0.2, -0.15) is 0 Å². The van der Waals surface area contributed by atoms with Crippen molar-refractivity contribution in [1.82, 2.24) is 15.3 Å². The zero-order valence-electron chi connectivity index (χ0n) is 8.44. The topological polar surface area (TPSA) is 66.9 Å². The molecular formula is C10H14N4O. The quantitative estimate of drug-likeness (QED) is 0.738. The molecule has 0 aromatic carbocycles. The van der Waals surface area contributed by atoms with E-state index in [2.05, 4.69) is 20.6 Å². The second kappa shape index (κ2) is 4.72. The van der Waals surface area contributed by atoms with Crippen molar-refractivity contribution in [2.75, 3.05) is 11.9 Å². The van der Waals surface area contributed by atoms with E-state index >= 15 is 0 Å². The molecule has 1 fully saturated rings. The Kier molecular flexibility index (Phi) is 3.11. The molecule has 5 nitrogen and oxygen atoms in total. The van der Waals surface area contributed by atoms with E-state index in [1.165, 1.54) is 0 Å². The van der Waals surface area contributed by atoms with E-state index in [1.807, 2.05) is 0 Å². The van der Waals surface area contributed by atoms with Gasteiger partial charge in [-0.25, -0.2) is 4.98 Å². The highest BCUT2D eigenvalue weighted by molar-refractivity contribution is 5.77. The molecular weight excluding hydrogens is 192 g/mol. The number of carbonyl (C=O) groups excluding carboxylic acids is 1. The minimum absolute atomic E-state index is 0.105. The predicted octanol–water partition coefficient (Wildman–Crippen LogP) is 0.557. The number of hydrogen-bond acceptors (Lipinski definition) is 4. The summed E-state index contributed by atoms with van der Waals surface area (Å²) in [4.78, 5) is 19.3. The number of carbonyl (C=O) groups is 1. The van der Waals surface area contributed by atoms with E-state index in [9.17, 15) is 4.79 Å². The number of rotatable bonds is 5. The molecule has 0 spiro atoms. The van der Waals surface area contributed by atoms with Crippen LogP contribution in [0, 0.1) is 0 Å². The molecule has 2 rings (SSSR count). The van der Waals surface area contributed by atoms with E-state index in [-0.39, 0.29) is 5.91 Å². The third-order valence-corrected chi connectivity index (χ3v) is 2.16. The smallest absolute Gasteiger partial charge is 0.221 e. The van der Waals surface area contributed by atoms with Crippen LogP contribution >= 0.6 is 0 Å².